The summed E-state index contributed by atoms with van der Waals surface area (Å²) >= 11 is 3.45. The molecule has 0 aromatic heterocycles. The number of benzene rings is 3. The highest BCUT2D eigenvalue weighted by Crippen LogP contribution is 2.21. The van der Waals surface area contributed by atoms with Gasteiger partial charge < -0.3 is 10.2 Å². The van der Waals surface area contributed by atoms with E-state index in [-0.39, 0.29) is 17.4 Å². The van der Waals surface area contributed by atoms with Gasteiger partial charge in [-0.1, -0.05) is 70.5 Å². The molecule has 0 radical (unpaired) electrons. The Kier molecular flexibility index (Phi) is 7.73. The maximum Gasteiger partial charge on any atom is 0.242 e. The molecular weight excluding hydrogens is 464 g/mol. The Morgan fingerprint density at radius 1 is 0.969 bits per heavy atom. The number of nitrogens with one attached hydrogen (secondary N) is 1. The Hall–Kier alpha value is -2.66. The largest absolute Gasteiger partial charge is 0.350 e. The van der Waals surface area contributed by atoms with Crippen LogP contribution in [0.15, 0.2) is 71.2 Å². The molecule has 3 rings (SSSR count). The molecule has 0 aliphatic heterocycles. The Labute approximate surface area is 199 Å². The first-order valence-electron chi connectivity index (χ1n) is 11.0. The fourth-order valence-corrected chi connectivity index (χ4v) is 4.00. The summed E-state index contributed by atoms with van der Waals surface area (Å²) in [7, 11) is 0. The number of rotatable bonds is 7. The third kappa shape index (κ3) is 6.42. The zero-order chi connectivity index (χ0) is 23.3. The van der Waals surface area contributed by atoms with Crippen LogP contribution >= 0.6 is 15.9 Å². The standard InChI is InChI=1S/C27H31BrN2O2/c1-19(26(32)29-27(2,3)4)30(18-20-12-15-23(28)16-13-20)25(31)17-14-22-10-7-9-21-8-5-6-11-24(21)22/h5-13,15-16,19H,14,17-18H2,1-4H3,(H,29,32)/t19-/m0/s1. The van der Waals surface area contributed by atoms with Crippen LogP contribution < -0.4 is 5.32 Å². The van der Waals surface area contributed by atoms with Gasteiger partial charge in [0.15, 0.2) is 0 Å². The van der Waals surface area contributed by atoms with Crippen molar-refractivity contribution in [3.8, 4) is 0 Å². The molecule has 0 saturated heterocycles. The molecule has 0 aliphatic carbocycles. The molecule has 3 aromatic carbocycles. The highest BCUT2D eigenvalue weighted by molar-refractivity contribution is 9.10. The van der Waals surface area contributed by atoms with Crippen molar-refractivity contribution in [3.63, 3.8) is 0 Å². The van der Waals surface area contributed by atoms with Crippen LogP contribution in [0.3, 0.4) is 0 Å². The lowest BCUT2D eigenvalue weighted by molar-refractivity contribution is -0.141. The molecule has 0 saturated carbocycles. The van der Waals surface area contributed by atoms with Crippen LogP contribution in [0.1, 0.15) is 45.2 Å². The Balaban J connectivity index is 1.80. The summed E-state index contributed by atoms with van der Waals surface area (Å²) in [6.07, 6.45) is 0.975. The van der Waals surface area contributed by atoms with Gasteiger partial charge in [-0.05, 0) is 68.1 Å². The van der Waals surface area contributed by atoms with Gasteiger partial charge in [-0.2, -0.15) is 0 Å². The van der Waals surface area contributed by atoms with Crippen molar-refractivity contribution < 1.29 is 9.59 Å². The van der Waals surface area contributed by atoms with Gasteiger partial charge in [0.25, 0.3) is 0 Å². The van der Waals surface area contributed by atoms with E-state index in [0.29, 0.717) is 19.4 Å². The molecule has 4 nitrogen and oxygen atoms in total. The first kappa shape index (κ1) is 24.0. The van der Waals surface area contributed by atoms with Crippen LogP contribution in [-0.4, -0.2) is 28.3 Å². The fourth-order valence-electron chi connectivity index (χ4n) is 3.74. The lowest BCUT2D eigenvalue weighted by atomic mass is 10.0. The second-order valence-corrected chi connectivity index (χ2v) is 10.1. The van der Waals surface area contributed by atoms with E-state index in [1.807, 2.05) is 63.2 Å². The van der Waals surface area contributed by atoms with Crippen molar-refractivity contribution in [2.45, 2.75) is 58.7 Å². The van der Waals surface area contributed by atoms with Gasteiger partial charge in [0.05, 0.1) is 0 Å². The molecule has 32 heavy (non-hydrogen) atoms. The summed E-state index contributed by atoms with van der Waals surface area (Å²) in [6, 6.07) is 21.7. The van der Waals surface area contributed by atoms with Crippen molar-refractivity contribution in [2.24, 2.45) is 0 Å². The van der Waals surface area contributed by atoms with Crippen molar-refractivity contribution in [3.05, 3.63) is 82.3 Å². The molecule has 2 amide bonds. The lowest BCUT2D eigenvalue weighted by Gasteiger charge is -2.31. The topological polar surface area (TPSA) is 49.4 Å². The molecule has 0 aliphatic rings. The number of nitrogens with zero attached hydrogens (tertiary/aromatic N) is 1. The highest BCUT2D eigenvalue weighted by atomic mass is 79.9. The SMILES string of the molecule is C[C@@H](C(=O)NC(C)(C)C)N(Cc1ccc(Br)cc1)C(=O)CCc1cccc2ccccc12. The van der Waals surface area contributed by atoms with E-state index in [1.54, 1.807) is 11.8 Å². The number of aryl methyl sites for hydroxylation is 1. The van der Waals surface area contributed by atoms with Gasteiger partial charge in [-0.3, -0.25) is 9.59 Å². The predicted molar refractivity (Wildman–Crippen MR) is 134 cm³/mol. The molecule has 0 bridgehead atoms. The van der Waals surface area contributed by atoms with Crippen molar-refractivity contribution in [1.82, 2.24) is 10.2 Å². The maximum atomic E-state index is 13.4. The van der Waals surface area contributed by atoms with E-state index in [0.717, 1.165) is 15.6 Å². The van der Waals surface area contributed by atoms with E-state index in [9.17, 15) is 9.59 Å². The van der Waals surface area contributed by atoms with E-state index in [4.69, 9.17) is 0 Å². The Morgan fingerprint density at radius 3 is 2.31 bits per heavy atom. The normalized spacial score (nSPS) is 12.4. The second kappa shape index (κ2) is 10.3. The van der Waals surface area contributed by atoms with Gasteiger partial charge in [0.2, 0.25) is 11.8 Å². The number of fused-ring (bicyclic) bond motifs is 1. The van der Waals surface area contributed by atoms with E-state index in [1.165, 1.54) is 10.8 Å². The summed E-state index contributed by atoms with van der Waals surface area (Å²) in [5.74, 6) is -0.175. The van der Waals surface area contributed by atoms with Gasteiger partial charge >= 0.3 is 0 Å². The third-order valence-corrected chi connectivity index (χ3v) is 5.95. The molecule has 1 N–H and O–H groups in total. The Bertz CT molecular complexity index is 1080. The van der Waals surface area contributed by atoms with Crippen molar-refractivity contribution in [1.29, 1.82) is 0 Å². The lowest BCUT2D eigenvalue weighted by Crippen LogP contribution is -2.52. The van der Waals surface area contributed by atoms with Crippen molar-refractivity contribution in [2.75, 3.05) is 0 Å². The third-order valence-electron chi connectivity index (χ3n) is 5.42. The van der Waals surface area contributed by atoms with Gasteiger partial charge in [-0.25, -0.2) is 0 Å². The molecule has 0 fully saturated rings. The molecule has 168 valence electrons. The van der Waals surface area contributed by atoms with E-state index >= 15 is 0 Å². The zero-order valence-corrected chi connectivity index (χ0v) is 20.8. The molecular formula is C27H31BrN2O2. The number of amides is 2. The number of carbonyl (C=O) groups excluding carboxylic acids is 2. The quantitative estimate of drug-likeness (QED) is 0.446. The fraction of sp³-hybridized carbons (Fsp3) is 0.333. The second-order valence-electron chi connectivity index (χ2n) is 9.20. The van der Waals surface area contributed by atoms with E-state index in [2.05, 4.69) is 45.5 Å². The maximum absolute atomic E-state index is 13.4. The van der Waals surface area contributed by atoms with Crippen LogP contribution in [0.5, 0.6) is 0 Å². The average molecular weight is 495 g/mol. The predicted octanol–water partition coefficient (Wildman–Crippen LogP) is 5.87. The Morgan fingerprint density at radius 2 is 1.62 bits per heavy atom. The summed E-state index contributed by atoms with van der Waals surface area (Å²) in [5, 5.41) is 5.34. The summed E-state index contributed by atoms with van der Waals surface area (Å²) in [6.45, 7) is 8.02. The molecule has 5 heteroatoms. The minimum absolute atomic E-state index is 0.0302. The molecule has 1 atom stereocenters. The van der Waals surface area contributed by atoms with Gasteiger partial charge in [-0.15, -0.1) is 0 Å². The molecule has 0 heterocycles. The molecule has 0 spiro atoms. The van der Waals surface area contributed by atoms with Crippen molar-refractivity contribution >= 4 is 38.5 Å². The molecule has 0 unspecified atom stereocenters. The average Bonchev–Trinajstić information content (AvgIpc) is 2.75. The van der Waals surface area contributed by atoms with Gasteiger partial charge in [0, 0.05) is 23.0 Å². The number of hydrogen-bond acceptors (Lipinski definition) is 2. The summed E-state index contributed by atoms with van der Waals surface area (Å²) < 4.78 is 0.980. The van der Waals surface area contributed by atoms with Gasteiger partial charge in [0.1, 0.15) is 6.04 Å². The summed E-state index contributed by atoms with van der Waals surface area (Å²) in [5.41, 5.74) is 1.77. The monoisotopic (exact) mass is 494 g/mol. The zero-order valence-electron chi connectivity index (χ0n) is 19.2. The van der Waals surface area contributed by atoms with E-state index < -0.39 is 6.04 Å². The molecule has 3 aromatic rings. The van der Waals surface area contributed by atoms with Crippen LogP contribution in [0.2, 0.25) is 0 Å². The minimum Gasteiger partial charge on any atom is -0.350 e. The minimum atomic E-state index is -0.571. The van der Waals surface area contributed by atoms with Crippen LogP contribution in [-0.2, 0) is 22.6 Å². The number of hydrogen-bond donors (Lipinski definition) is 1. The highest BCUT2D eigenvalue weighted by Gasteiger charge is 2.28. The van der Waals surface area contributed by atoms with Crippen LogP contribution in [0.4, 0.5) is 0 Å². The smallest absolute Gasteiger partial charge is 0.242 e. The summed E-state index contributed by atoms with van der Waals surface area (Å²) in [4.78, 5) is 27.9. The van der Waals surface area contributed by atoms with Crippen LogP contribution in [0.25, 0.3) is 10.8 Å². The van der Waals surface area contributed by atoms with Crippen LogP contribution in [0, 0.1) is 0 Å². The first-order valence-corrected chi connectivity index (χ1v) is 11.8. The number of halogens is 1. The first-order chi connectivity index (χ1) is 15.1. The number of carbonyl (C=O) groups is 2.